The van der Waals surface area contributed by atoms with E-state index in [0.717, 1.165) is 33.4 Å². The lowest BCUT2D eigenvalue weighted by Crippen LogP contribution is -2.12. The highest BCUT2D eigenvalue weighted by Gasteiger charge is 2.07. The molecule has 0 radical (unpaired) electrons. The molecule has 4 rings (SSSR count). The van der Waals surface area contributed by atoms with Gasteiger partial charge in [0.2, 0.25) is 5.91 Å². The van der Waals surface area contributed by atoms with Crippen LogP contribution in [-0.2, 0) is 4.79 Å². The van der Waals surface area contributed by atoms with Crippen molar-refractivity contribution in [3.63, 3.8) is 0 Å². The van der Waals surface area contributed by atoms with Crippen molar-refractivity contribution in [2.75, 3.05) is 19.0 Å². The maximum absolute atomic E-state index is 12.1. The van der Waals surface area contributed by atoms with Crippen LogP contribution in [0.5, 0.6) is 11.5 Å². The molecule has 0 unspecified atom stereocenters. The summed E-state index contributed by atoms with van der Waals surface area (Å²) in [6.07, 6.45) is 5.03. The monoisotopic (exact) mass is 407 g/mol. The van der Waals surface area contributed by atoms with E-state index in [1.165, 1.54) is 0 Å². The molecule has 0 atom stereocenters. The Morgan fingerprint density at radius 3 is 2.59 bits per heavy atom. The Morgan fingerprint density at radius 2 is 1.86 bits per heavy atom. The van der Waals surface area contributed by atoms with Gasteiger partial charge >= 0.3 is 0 Å². The van der Waals surface area contributed by atoms with Gasteiger partial charge in [-0.25, -0.2) is 4.98 Å². The Bertz CT molecular complexity index is 1060. The van der Waals surface area contributed by atoms with Crippen LogP contribution in [0.2, 0.25) is 0 Å². The zero-order valence-electron chi connectivity index (χ0n) is 16.0. The van der Waals surface area contributed by atoms with E-state index in [-0.39, 0.29) is 5.91 Å². The van der Waals surface area contributed by atoms with Crippen LogP contribution in [0.15, 0.2) is 66.3 Å². The second-order valence-corrected chi connectivity index (χ2v) is 7.35. The minimum absolute atomic E-state index is 0.0291. The molecule has 6 nitrogen and oxygen atoms in total. The Balaban J connectivity index is 1.23. The molecule has 2 heterocycles. The topological polar surface area (TPSA) is 64.9 Å². The van der Waals surface area contributed by atoms with E-state index >= 15 is 0 Å². The third-order valence-electron chi connectivity index (χ3n) is 4.43. The standard InChI is InChI=1S/C22H21N3O3S/c1-27-18-8-10-19(11-9-18)28-13-2-3-21(26)23-17-6-4-16(5-7-17)20-15-25-12-14-29-22(25)24-20/h4-12,14-15H,2-3,13H2,1H3,(H,23,26). The molecule has 0 fully saturated rings. The molecule has 0 aliphatic rings. The Labute approximate surface area is 172 Å². The molecule has 0 spiro atoms. The zero-order chi connectivity index (χ0) is 20.1. The number of methoxy groups -OCH3 is 1. The lowest BCUT2D eigenvalue weighted by molar-refractivity contribution is -0.116. The molecule has 0 saturated carbocycles. The summed E-state index contributed by atoms with van der Waals surface area (Å²) in [4.78, 5) is 17.7. The van der Waals surface area contributed by atoms with Crippen LogP contribution in [0.4, 0.5) is 5.69 Å². The van der Waals surface area contributed by atoms with Crippen molar-refractivity contribution in [3.8, 4) is 22.8 Å². The Morgan fingerprint density at radius 1 is 1.10 bits per heavy atom. The van der Waals surface area contributed by atoms with Crippen molar-refractivity contribution < 1.29 is 14.3 Å². The molecule has 148 valence electrons. The summed E-state index contributed by atoms with van der Waals surface area (Å²) in [5, 5.41) is 4.93. The molecule has 0 saturated heterocycles. The van der Waals surface area contributed by atoms with Gasteiger partial charge in [-0.3, -0.25) is 9.20 Å². The fraction of sp³-hybridized carbons (Fsp3) is 0.182. The average molecular weight is 407 g/mol. The second kappa shape index (κ2) is 8.79. The van der Waals surface area contributed by atoms with E-state index in [1.54, 1.807) is 18.4 Å². The molecule has 7 heteroatoms. The average Bonchev–Trinajstić information content (AvgIpc) is 3.35. The molecule has 1 N–H and O–H groups in total. The first kappa shape index (κ1) is 19.0. The highest BCUT2D eigenvalue weighted by Crippen LogP contribution is 2.23. The number of ether oxygens (including phenoxy) is 2. The van der Waals surface area contributed by atoms with Crippen molar-refractivity contribution in [3.05, 3.63) is 66.3 Å². The number of nitrogens with one attached hydrogen (secondary N) is 1. The third kappa shape index (κ3) is 4.75. The van der Waals surface area contributed by atoms with E-state index in [9.17, 15) is 4.79 Å². The molecule has 2 aromatic heterocycles. The van der Waals surface area contributed by atoms with Crippen molar-refractivity contribution in [2.45, 2.75) is 12.8 Å². The van der Waals surface area contributed by atoms with Crippen LogP contribution >= 0.6 is 11.3 Å². The first-order valence-electron chi connectivity index (χ1n) is 9.30. The van der Waals surface area contributed by atoms with Gasteiger partial charge < -0.3 is 14.8 Å². The molecule has 0 bridgehead atoms. The van der Waals surface area contributed by atoms with Gasteiger partial charge in [0.1, 0.15) is 11.5 Å². The van der Waals surface area contributed by atoms with Crippen LogP contribution in [-0.4, -0.2) is 29.0 Å². The summed E-state index contributed by atoms with van der Waals surface area (Å²) < 4.78 is 12.8. The minimum Gasteiger partial charge on any atom is -0.497 e. The Kier molecular flexibility index (Phi) is 5.76. The number of hydrogen-bond acceptors (Lipinski definition) is 5. The van der Waals surface area contributed by atoms with Crippen LogP contribution in [0, 0.1) is 0 Å². The zero-order valence-corrected chi connectivity index (χ0v) is 16.8. The van der Waals surface area contributed by atoms with Gasteiger partial charge in [-0.05, 0) is 42.8 Å². The molecular weight excluding hydrogens is 386 g/mol. The third-order valence-corrected chi connectivity index (χ3v) is 5.20. The van der Waals surface area contributed by atoms with Gasteiger partial charge in [-0.15, -0.1) is 11.3 Å². The van der Waals surface area contributed by atoms with Crippen molar-refractivity contribution in [1.29, 1.82) is 0 Å². The van der Waals surface area contributed by atoms with Crippen molar-refractivity contribution >= 4 is 27.9 Å². The number of thiazole rings is 1. The first-order valence-corrected chi connectivity index (χ1v) is 10.2. The number of aromatic nitrogens is 2. The van der Waals surface area contributed by atoms with E-state index < -0.39 is 0 Å². The number of hydrogen-bond donors (Lipinski definition) is 1. The predicted molar refractivity (Wildman–Crippen MR) is 115 cm³/mol. The quantitative estimate of drug-likeness (QED) is 0.423. The minimum atomic E-state index is -0.0291. The van der Waals surface area contributed by atoms with E-state index in [2.05, 4.69) is 10.3 Å². The van der Waals surface area contributed by atoms with Gasteiger partial charge in [0, 0.05) is 35.4 Å². The fourth-order valence-corrected chi connectivity index (χ4v) is 3.61. The number of nitrogens with zero attached hydrogens (tertiary/aromatic N) is 2. The molecule has 1 amide bonds. The number of fused-ring (bicyclic) bond motifs is 1. The number of anilines is 1. The smallest absolute Gasteiger partial charge is 0.224 e. The van der Waals surface area contributed by atoms with Gasteiger partial charge in [0.05, 0.1) is 19.4 Å². The van der Waals surface area contributed by atoms with Crippen LogP contribution in [0.1, 0.15) is 12.8 Å². The number of amides is 1. The highest BCUT2D eigenvalue weighted by atomic mass is 32.1. The van der Waals surface area contributed by atoms with E-state index in [1.807, 2.05) is 70.7 Å². The molecule has 29 heavy (non-hydrogen) atoms. The first-order chi connectivity index (χ1) is 14.2. The van der Waals surface area contributed by atoms with Crippen molar-refractivity contribution in [1.82, 2.24) is 9.38 Å². The van der Waals surface area contributed by atoms with E-state index in [0.29, 0.717) is 19.4 Å². The van der Waals surface area contributed by atoms with Gasteiger partial charge in [-0.2, -0.15) is 0 Å². The summed E-state index contributed by atoms with van der Waals surface area (Å²) >= 11 is 1.60. The summed E-state index contributed by atoms with van der Waals surface area (Å²) in [7, 11) is 1.63. The SMILES string of the molecule is COc1ccc(OCCCC(=O)Nc2ccc(-c3cn4ccsc4n3)cc2)cc1. The highest BCUT2D eigenvalue weighted by molar-refractivity contribution is 7.15. The molecule has 0 aliphatic heterocycles. The lowest BCUT2D eigenvalue weighted by atomic mass is 10.1. The number of carbonyl (C=O) groups excluding carboxylic acids is 1. The van der Waals surface area contributed by atoms with E-state index in [4.69, 9.17) is 9.47 Å². The largest absolute Gasteiger partial charge is 0.497 e. The summed E-state index contributed by atoms with van der Waals surface area (Å²) in [5.41, 5.74) is 2.72. The van der Waals surface area contributed by atoms with Gasteiger partial charge in [-0.1, -0.05) is 12.1 Å². The number of carbonyl (C=O) groups is 1. The second-order valence-electron chi connectivity index (χ2n) is 6.47. The normalized spacial score (nSPS) is 10.8. The lowest BCUT2D eigenvalue weighted by Gasteiger charge is -2.08. The molecule has 0 aliphatic carbocycles. The number of rotatable bonds is 8. The van der Waals surface area contributed by atoms with Crippen LogP contribution in [0.25, 0.3) is 16.2 Å². The van der Waals surface area contributed by atoms with Crippen LogP contribution in [0.3, 0.4) is 0 Å². The summed E-state index contributed by atoms with van der Waals surface area (Å²) in [5.74, 6) is 1.52. The summed E-state index contributed by atoms with van der Waals surface area (Å²) in [6, 6.07) is 15.1. The molecule has 4 aromatic rings. The fourth-order valence-electron chi connectivity index (χ4n) is 2.91. The van der Waals surface area contributed by atoms with Crippen molar-refractivity contribution in [2.24, 2.45) is 0 Å². The predicted octanol–water partition coefficient (Wildman–Crippen LogP) is 4.87. The maximum Gasteiger partial charge on any atom is 0.224 e. The van der Waals surface area contributed by atoms with Crippen LogP contribution < -0.4 is 14.8 Å². The number of benzene rings is 2. The maximum atomic E-state index is 12.1. The number of imidazole rings is 1. The molecule has 2 aromatic carbocycles. The van der Waals surface area contributed by atoms with Gasteiger partial charge in [0.15, 0.2) is 4.96 Å². The molecular formula is C22H21N3O3S. The van der Waals surface area contributed by atoms with Gasteiger partial charge in [0.25, 0.3) is 0 Å². The Hall–Kier alpha value is -3.32. The summed E-state index contributed by atoms with van der Waals surface area (Å²) in [6.45, 7) is 0.482.